The van der Waals surface area contributed by atoms with Crippen LogP contribution in [0.3, 0.4) is 0 Å². The molecule has 0 N–H and O–H groups in total. The number of hydrogen-bond acceptors (Lipinski definition) is 3. The van der Waals surface area contributed by atoms with Crippen LogP contribution in [-0.4, -0.2) is 9.11 Å². The molecule has 0 radical (unpaired) electrons. The van der Waals surface area contributed by atoms with Crippen molar-refractivity contribution in [3.05, 3.63) is 35.5 Å². The molecule has 4 heteroatoms. The summed E-state index contributed by atoms with van der Waals surface area (Å²) in [5.74, 6) is 0. The molecule has 0 amide bonds. The molecular formula is C7H7NO2S. The summed E-state index contributed by atoms with van der Waals surface area (Å²) >= 11 is 0. The van der Waals surface area contributed by atoms with Crippen molar-refractivity contribution in [2.24, 2.45) is 0 Å². The Labute approximate surface area is 67.0 Å². The lowest BCUT2D eigenvalue weighted by molar-refractivity contribution is 0.469. The van der Waals surface area contributed by atoms with Crippen LogP contribution in [0.5, 0.6) is 0 Å². The summed E-state index contributed by atoms with van der Waals surface area (Å²) in [6, 6.07) is 0. The van der Waals surface area contributed by atoms with Crippen LogP contribution in [-0.2, 0) is 0 Å². The number of hydrogen-bond donors (Lipinski definition) is 0. The largest absolute Gasteiger partial charge is 0.781 e. The summed E-state index contributed by atoms with van der Waals surface area (Å²) in [4.78, 5) is -0.0666. The highest BCUT2D eigenvalue weighted by Gasteiger charge is 2.20. The SMILES string of the molecule is CC1=C[CH+]C(S(#N)([O-])[O-])=C[CH+]1. The number of allylic oxidation sites excluding steroid dienone is 4. The lowest BCUT2D eigenvalue weighted by Gasteiger charge is -2.25. The van der Waals surface area contributed by atoms with Gasteiger partial charge in [0.05, 0.1) is 0 Å². The lowest BCUT2D eigenvalue weighted by Crippen LogP contribution is -1.94. The molecule has 0 saturated carbocycles. The normalized spacial score (nSPS) is 17.6. The quantitative estimate of drug-likeness (QED) is 0.519. The predicted molar refractivity (Wildman–Crippen MR) is 41.3 cm³/mol. The van der Waals surface area contributed by atoms with E-state index in [0.717, 1.165) is 5.57 Å². The molecule has 58 valence electrons. The van der Waals surface area contributed by atoms with E-state index in [1.54, 1.807) is 12.5 Å². The molecule has 0 aromatic carbocycles. The smallest absolute Gasteiger partial charge is 0.207 e. The molecule has 11 heavy (non-hydrogen) atoms. The molecule has 0 bridgehead atoms. The van der Waals surface area contributed by atoms with Gasteiger partial charge in [0.15, 0.2) is 30.6 Å². The predicted octanol–water partition coefficient (Wildman–Crippen LogP) is 1.78. The van der Waals surface area contributed by atoms with Gasteiger partial charge in [0.1, 0.15) is 0 Å². The average Bonchev–Trinajstić information content (AvgIpc) is 1.86. The van der Waals surface area contributed by atoms with Crippen molar-refractivity contribution < 1.29 is 9.11 Å². The molecule has 1 aliphatic carbocycles. The first-order valence-electron chi connectivity index (χ1n) is 3.04. The second kappa shape index (κ2) is 2.68. The molecule has 0 spiro atoms. The Morgan fingerprint density at radius 2 is 2.00 bits per heavy atom. The first kappa shape index (κ1) is 8.30. The van der Waals surface area contributed by atoms with E-state index < -0.39 is 10.2 Å². The Hall–Kier alpha value is -0.800. The maximum Gasteiger partial charge on any atom is 0.207 e. The van der Waals surface area contributed by atoms with Crippen molar-refractivity contribution in [1.82, 2.24) is 0 Å². The summed E-state index contributed by atoms with van der Waals surface area (Å²) in [5.41, 5.74) is 0.956. The first-order valence-corrected chi connectivity index (χ1v) is 4.48. The van der Waals surface area contributed by atoms with Gasteiger partial charge in [-0.1, -0.05) is 0 Å². The highest BCUT2D eigenvalue weighted by Crippen LogP contribution is 2.36. The second-order valence-electron chi connectivity index (χ2n) is 2.29. The Morgan fingerprint density at radius 3 is 2.36 bits per heavy atom. The van der Waals surface area contributed by atoms with E-state index in [2.05, 4.69) is 0 Å². The maximum absolute atomic E-state index is 10.5. The van der Waals surface area contributed by atoms with Crippen molar-refractivity contribution in [3.8, 4) is 0 Å². The van der Waals surface area contributed by atoms with E-state index in [1.807, 2.05) is 6.92 Å². The third kappa shape index (κ3) is 2.06. The Balaban J connectivity index is 2.77. The monoisotopic (exact) mass is 169 g/mol. The molecule has 0 heterocycles. The van der Waals surface area contributed by atoms with Crippen molar-refractivity contribution in [2.75, 3.05) is 0 Å². The highest BCUT2D eigenvalue weighted by molar-refractivity contribution is 8.15. The number of nitrogens with zero attached hydrogens (tertiary/aromatic N) is 1. The molecule has 0 fully saturated rings. The van der Waals surface area contributed by atoms with Gasteiger partial charge in [-0.25, -0.2) is 4.61 Å². The van der Waals surface area contributed by atoms with Gasteiger partial charge in [-0.3, -0.25) is 0 Å². The van der Waals surface area contributed by atoms with Crippen molar-refractivity contribution >= 4 is 10.2 Å². The fourth-order valence-electron chi connectivity index (χ4n) is 0.710. The minimum atomic E-state index is -4.02. The summed E-state index contributed by atoms with van der Waals surface area (Å²) in [6.07, 6.45) is 5.99. The minimum Gasteiger partial charge on any atom is -0.781 e. The molecule has 1 rings (SSSR count). The van der Waals surface area contributed by atoms with Crippen LogP contribution in [0.1, 0.15) is 6.92 Å². The zero-order chi connectivity index (χ0) is 8.48. The van der Waals surface area contributed by atoms with Gasteiger partial charge >= 0.3 is 0 Å². The topological polar surface area (TPSA) is 69.9 Å². The first-order chi connectivity index (χ1) is 5.00. The van der Waals surface area contributed by atoms with Gasteiger partial charge in [0.25, 0.3) is 0 Å². The molecule has 0 aromatic rings. The fraction of sp³-hybridized carbons (Fsp3) is 0.143. The van der Waals surface area contributed by atoms with Crippen molar-refractivity contribution in [3.63, 3.8) is 0 Å². The lowest BCUT2D eigenvalue weighted by atomic mass is 10.1. The van der Waals surface area contributed by atoms with Gasteiger partial charge in [0, 0.05) is 6.92 Å². The van der Waals surface area contributed by atoms with Gasteiger partial charge < -0.3 is 9.11 Å². The van der Waals surface area contributed by atoms with Crippen LogP contribution in [0.2, 0.25) is 0 Å². The maximum atomic E-state index is 10.5. The molecule has 0 aliphatic heterocycles. The standard InChI is InChI=1S/C7H7NO2S/c1-6-2-4-7(5-3-6)11(8,9)10/h2-5H,1H3. The van der Waals surface area contributed by atoms with Crippen LogP contribution in [0.15, 0.2) is 22.6 Å². The molecule has 0 aromatic heterocycles. The van der Waals surface area contributed by atoms with Gasteiger partial charge in [0.2, 0.25) is 4.91 Å². The summed E-state index contributed by atoms with van der Waals surface area (Å²) in [5, 5.41) is 0. The van der Waals surface area contributed by atoms with E-state index in [9.17, 15) is 9.11 Å². The molecule has 0 atom stereocenters. The highest BCUT2D eigenvalue weighted by atomic mass is 32.3. The van der Waals surface area contributed by atoms with E-state index in [0.29, 0.717) is 0 Å². The molecule has 1 aliphatic rings. The van der Waals surface area contributed by atoms with E-state index in [4.69, 9.17) is 4.61 Å². The Bertz CT molecular complexity index is 310. The summed E-state index contributed by atoms with van der Waals surface area (Å²) in [6.45, 7) is 1.84. The van der Waals surface area contributed by atoms with E-state index in [1.165, 1.54) is 12.5 Å². The van der Waals surface area contributed by atoms with Gasteiger partial charge in [-0.05, 0) is 0 Å². The number of rotatable bonds is 0. The summed E-state index contributed by atoms with van der Waals surface area (Å²) < 4.78 is 29.6. The third-order valence-electron chi connectivity index (χ3n) is 1.32. The van der Waals surface area contributed by atoms with E-state index >= 15 is 0 Å². The average molecular weight is 169 g/mol. The van der Waals surface area contributed by atoms with E-state index in [-0.39, 0.29) is 4.91 Å². The van der Waals surface area contributed by atoms with Crippen LogP contribution in [0.4, 0.5) is 0 Å². The fourth-order valence-corrected chi connectivity index (χ4v) is 1.19. The van der Waals surface area contributed by atoms with Gasteiger partial charge in [-0.2, -0.15) is 0 Å². The van der Waals surface area contributed by atoms with Crippen molar-refractivity contribution in [2.45, 2.75) is 6.92 Å². The van der Waals surface area contributed by atoms with Crippen LogP contribution in [0.25, 0.3) is 0 Å². The molecule has 3 nitrogen and oxygen atoms in total. The third-order valence-corrected chi connectivity index (χ3v) is 2.19. The Morgan fingerprint density at radius 1 is 1.36 bits per heavy atom. The summed E-state index contributed by atoms with van der Waals surface area (Å²) in [7, 11) is -4.02. The van der Waals surface area contributed by atoms with Crippen LogP contribution < -0.4 is 0 Å². The zero-order valence-electron chi connectivity index (χ0n) is 5.98. The van der Waals surface area contributed by atoms with Crippen LogP contribution >= 0.6 is 10.2 Å². The molecule has 0 unspecified atom stereocenters. The van der Waals surface area contributed by atoms with Crippen molar-refractivity contribution in [1.29, 1.82) is 4.61 Å². The minimum absolute atomic E-state index is 0.0666. The zero-order valence-corrected chi connectivity index (χ0v) is 6.80. The van der Waals surface area contributed by atoms with Gasteiger partial charge in [-0.15, -0.1) is 10.2 Å². The Kier molecular flexibility index (Phi) is 2.02. The molecular weight excluding hydrogens is 162 g/mol. The second-order valence-corrected chi connectivity index (χ2v) is 3.71. The molecule has 0 saturated heterocycles. The van der Waals surface area contributed by atoms with Crippen LogP contribution in [0, 0.1) is 17.4 Å².